The van der Waals surface area contributed by atoms with Crippen LogP contribution in [0, 0.1) is 0 Å². The highest BCUT2D eigenvalue weighted by atomic mass is 32.2. The van der Waals surface area contributed by atoms with Gasteiger partial charge in [-0.15, -0.1) is 0 Å². The van der Waals surface area contributed by atoms with Gasteiger partial charge >= 0.3 is 0 Å². The molecule has 0 radical (unpaired) electrons. The van der Waals surface area contributed by atoms with Crippen LogP contribution in [0.3, 0.4) is 0 Å². The molecule has 0 heterocycles. The normalized spacial score (nSPS) is 12.9. The average Bonchev–Trinajstić information content (AvgIpc) is 2.96. The molecule has 0 spiro atoms. The minimum Gasteiger partial charge on any atom is -0.296 e. The summed E-state index contributed by atoms with van der Waals surface area (Å²) in [7, 11) is -1.52. The first-order valence-electron chi connectivity index (χ1n) is 14.2. The monoisotopic (exact) mass is 557 g/mol. The number of rotatable bonds is 18. The van der Waals surface area contributed by atoms with E-state index in [9.17, 15) is 13.8 Å². The van der Waals surface area contributed by atoms with E-state index in [4.69, 9.17) is 0 Å². The first-order chi connectivity index (χ1) is 19.6. The SMILES string of the molecule is CC/C=C\C/C=C\C/C=C\C/C=C\C/C=C\CCCC(=O)NC(=O)CS(=O)C(c1ccccc1)c1ccccc1. The molecule has 1 atom stereocenters. The van der Waals surface area contributed by atoms with E-state index in [1.165, 1.54) is 0 Å². The number of allylic oxidation sites excluding steroid dienone is 10. The number of carbonyl (C=O) groups is 2. The third kappa shape index (κ3) is 14.5. The van der Waals surface area contributed by atoms with Gasteiger partial charge in [0.2, 0.25) is 11.8 Å². The predicted molar refractivity (Wildman–Crippen MR) is 169 cm³/mol. The zero-order chi connectivity index (χ0) is 28.7. The van der Waals surface area contributed by atoms with Crippen molar-refractivity contribution >= 4 is 22.6 Å². The summed E-state index contributed by atoms with van der Waals surface area (Å²) in [6, 6.07) is 19.0. The molecular formula is C35H43NO3S. The Hall–Kier alpha value is -3.57. The summed E-state index contributed by atoms with van der Waals surface area (Å²) in [5.41, 5.74) is 1.76. The quantitative estimate of drug-likeness (QED) is 0.149. The first-order valence-corrected chi connectivity index (χ1v) is 15.5. The van der Waals surface area contributed by atoms with Crippen molar-refractivity contribution in [2.75, 3.05) is 5.75 Å². The molecular weight excluding hydrogens is 514 g/mol. The van der Waals surface area contributed by atoms with Crippen molar-refractivity contribution < 1.29 is 13.8 Å². The van der Waals surface area contributed by atoms with E-state index < -0.39 is 22.0 Å². The van der Waals surface area contributed by atoms with E-state index in [1.54, 1.807) is 0 Å². The minimum absolute atomic E-state index is 0.227. The zero-order valence-electron chi connectivity index (χ0n) is 23.6. The molecule has 2 aromatic carbocycles. The van der Waals surface area contributed by atoms with Gasteiger partial charge < -0.3 is 0 Å². The standard InChI is InChI=1S/C35H43NO3S/c1-2-3-4-5-6-7-8-9-10-11-12-13-14-15-16-17-24-29-33(37)36-34(38)30-40(39)35(31-25-20-18-21-26-31)32-27-22-19-23-28-32/h3-4,6-7,9-10,12-13,15-16,18-23,25-28,35H,2,5,8,11,14,17,24,29-30H2,1H3,(H,36,37,38)/b4-3-,7-6-,10-9-,13-12-,16-15-. The van der Waals surface area contributed by atoms with Crippen LogP contribution in [0.5, 0.6) is 0 Å². The third-order valence-electron chi connectivity index (χ3n) is 5.95. The highest BCUT2D eigenvalue weighted by molar-refractivity contribution is 7.86. The van der Waals surface area contributed by atoms with Gasteiger partial charge in [-0.2, -0.15) is 0 Å². The summed E-state index contributed by atoms with van der Waals surface area (Å²) in [6.45, 7) is 2.14. The maximum atomic E-state index is 13.2. The van der Waals surface area contributed by atoms with E-state index in [0.717, 1.165) is 49.7 Å². The van der Waals surface area contributed by atoms with Crippen molar-refractivity contribution in [3.05, 3.63) is 133 Å². The lowest BCUT2D eigenvalue weighted by atomic mass is 10.0. The lowest BCUT2D eigenvalue weighted by Crippen LogP contribution is -2.34. The van der Waals surface area contributed by atoms with Gasteiger partial charge in [0.15, 0.2) is 0 Å². The zero-order valence-corrected chi connectivity index (χ0v) is 24.4. The Balaban J connectivity index is 1.62. The van der Waals surface area contributed by atoms with Crippen LogP contribution in [0.25, 0.3) is 0 Å². The molecule has 5 heteroatoms. The largest absolute Gasteiger partial charge is 0.296 e. The van der Waals surface area contributed by atoms with Gasteiger partial charge in [0, 0.05) is 17.2 Å². The topological polar surface area (TPSA) is 63.2 Å². The van der Waals surface area contributed by atoms with Gasteiger partial charge in [-0.1, -0.05) is 128 Å². The summed E-state index contributed by atoms with van der Waals surface area (Å²) >= 11 is 0. The predicted octanol–water partition coefficient (Wildman–Crippen LogP) is 8.09. The van der Waals surface area contributed by atoms with Crippen molar-refractivity contribution in [1.82, 2.24) is 5.32 Å². The minimum atomic E-state index is -1.52. The van der Waals surface area contributed by atoms with Crippen molar-refractivity contribution in [3.8, 4) is 0 Å². The maximum Gasteiger partial charge on any atom is 0.239 e. The van der Waals surface area contributed by atoms with Crippen LogP contribution in [0.2, 0.25) is 0 Å². The maximum absolute atomic E-state index is 13.2. The van der Waals surface area contributed by atoms with Gasteiger partial charge in [0.05, 0.1) is 5.25 Å². The van der Waals surface area contributed by atoms with Crippen LogP contribution < -0.4 is 5.32 Å². The molecule has 0 aliphatic heterocycles. The van der Waals surface area contributed by atoms with Crippen LogP contribution in [0.1, 0.15) is 74.7 Å². The highest BCUT2D eigenvalue weighted by Gasteiger charge is 2.23. The number of unbranched alkanes of at least 4 members (excludes halogenated alkanes) is 1. The van der Waals surface area contributed by atoms with Crippen molar-refractivity contribution in [2.24, 2.45) is 0 Å². The molecule has 2 rings (SSSR count). The Morgan fingerprint density at radius 2 is 1.12 bits per heavy atom. The second kappa shape index (κ2) is 21.3. The smallest absolute Gasteiger partial charge is 0.239 e. The van der Waals surface area contributed by atoms with Crippen molar-refractivity contribution in [1.29, 1.82) is 0 Å². The molecule has 0 bridgehead atoms. The molecule has 212 valence electrons. The average molecular weight is 558 g/mol. The molecule has 0 fully saturated rings. The fourth-order valence-corrected chi connectivity index (χ4v) is 5.39. The molecule has 2 aromatic rings. The first kappa shape index (κ1) is 32.6. The fourth-order valence-electron chi connectivity index (χ4n) is 3.97. The summed E-state index contributed by atoms with van der Waals surface area (Å²) in [6.07, 6.45) is 28.1. The Kier molecular flexibility index (Phi) is 17.4. The van der Waals surface area contributed by atoms with Gasteiger partial charge in [-0.05, 0) is 56.1 Å². The van der Waals surface area contributed by atoms with E-state index in [1.807, 2.05) is 60.7 Å². The van der Waals surface area contributed by atoms with Crippen LogP contribution in [0.15, 0.2) is 121 Å². The lowest BCUT2D eigenvalue weighted by molar-refractivity contribution is -0.129. The number of hydrogen-bond donors (Lipinski definition) is 1. The molecule has 0 aliphatic carbocycles. The van der Waals surface area contributed by atoms with E-state index >= 15 is 0 Å². The van der Waals surface area contributed by atoms with Gasteiger partial charge in [0.1, 0.15) is 5.75 Å². The van der Waals surface area contributed by atoms with E-state index in [-0.39, 0.29) is 18.1 Å². The molecule has 0 saturated heterocycles. The molecule has 4 nitrogen and oxygen atoms in total. The number of amides is 2. The number of carbonyl (C=O) groups excluding carboxylic acids is 2. The van der Waals surface area contributed by atoms with Crippen LogP contribution in [-0.2, 0) is 20.4 Å². The van der Waals surface area contributed by atoms with Crippen LogP contribution in [0.4, 0.5) is 0 Å². The summed E-state index contributed by atoms with van der Waals surface area (Å²) in [5, 5.41) is 1.97. The van der Waals surface area contributed by atoms with Crippen LogP contribution in [-0.4, -0.2) is 21.8 Å². The Morgan fingerprint density at radius 1 is 0.675 bits per heavy atom. The van der Waals surface area contributed by atoms with Gasteiger partial charge in [-0.3, -0.25) is 19.1 Å². The molecule has 1 N–H and O–H groups in total. The molecule has 0 saturated carbocycles. The molecule has 0 aliphatic rings. The van der Waals surface area contributed by atoms with E-state index in [0.29, 0.717) is 6.42 Å². The molecule has 0 aromatic heterocycles. The summed E-state index contributed by atoms with van der Waals surface area (Å²) < 4.78 is 13.2. The molecule has 1 unspecified atom stereocenters. The second-order valence-corrected chi connectivity index (χ2v) is 10.8. The number of nitrogens with one attached hydrogen (secondary N) is 1. The van der Waals surface area contributed by atoms with Crippen molar-refractivity contribution in [2.45, 2.75) is 63.5 Å². The highest BCUT2D eigenvalue weighted by Crippen LogP contribution is 2.28. The number of hydrogen-bond acceptors (Lipinski definition) is 3. The second-order valence-electron chi connectivity index (χ2n) is 9.30. The summed E-state index contributed by atoms with van der Waals surface area (Å²) in [4.78, 5) is 24.7. The van der Waals surface area contributed by atoms with E-state index in [2.05, 4.69) is 73.0 Å². The van der Waals surface area contributed by atoms with Crippen LogP contribution >= 0.6 is 0 Å². The van der Waals surface area contributed by atoms with Crippen molar-refractivity contribution in [3.63, 3.8) is 0 Å². The number of imide groups is 1. The lowest BCUT2D eigenvalue weighted by Gasteiger charge is -2.17. The molecule has 2 amide bonds. The van der Waals surface area contributed by atoms with Gasteiger partial charge in [-0.25, -0.2) is 0 Å². The van der Waals surface area contributed by atoms with Gasteiger partial charge in [0.25, 0.3) is 0 Å². The Bertz CT molecular complexity index is 1120. The Morgan fingerprint density at radius 3 is 1.60 bits per heavy atom. The summed E-state index contributed by atoms with van der Waals surface area (Å²) in [5.74, 6) is -1.06. The number of benzene rings is 2. The fraction of sp³-hybridized carbons (Fsp3) is 0.314. The molecule has 40 heavy (non-hydrogen) atoms. The third-order valence-corrected chi connectivity index (χ3v) is 7.57. The Labute approximate surface area is 243 Å².